The molecular formula is C16H27NOS. The van der Waals surface area contributed by atoms with Crippen LogP contribution in [0.5, 0.6) is 0 Å². The van der Waals surface area contributed by atoms with E-state index in [0.29, 0.717) is 0 Å². The van der Waals surface area contributed by atoms with Gasteiger partial charge in [0, 0.05) is 17.2 Å². The van der Waals surface area contributed by atoms with E-state index in [1.165, 1.54) is 10.5 Å². The monoisotopic (exact) mass is 281 g/mol. The maximum atomic E-state index is 10.3. The van der Waals surface area contributed by atoms with E-state index < -0.39 is 5.60 Å². The van der Waals surface area contributed by atoms with Crippen LogP contribution in [0.3, 0.4) is 0 Å². The number of nitrogens with one attached hydrogen (secondary N) is 1. The highest BCUT2D eigenvalue weighted by Gasteiger charge is 2.24. The third-order valence-corrected chi connectivity index (χ3v) is 4.75. The number of hydrogen-bond acceptors (Lipinski definition) is 3. The van der Waals surface area contributed by atoms with Crippen molar-refractivity contribution in [3.8, 4) is 0 Å². The average Bonchev–Trinajstić information content (AvgIpc) is 2.37. The van der Waals surface area contributed by atoms with Crippen LogP contribution in [0.2, 0.25) is 0 Å². The minimum atomic E-state index is -0.610. The summed E-state index contributed by atoms with van der Waals surface area (Å²) in [6.07, 6.45) is 1.16. The molecule has 1 rings (SSSR count). The van der Waals surface area contributed by atoms with Gasteiger partial charge in [-0.25, -0.2) is 0 Å². The van der Waals surface area contributed by atoms with Crippen molar-refractivity contribution in [3.63, 3.8) is 0 Å². The zero-order valence-corrected chi connectivity index (χ0v) is 13.4. The second-order valence-corrected chi connectivity index (χ2v) is 6.67. The van der Waals surface area contributed by atoms with Crippen molar-refractivity contribution >= 4 is 11.8 Å². The molecule has 3 heteroatoms. The van der Waals surface area contributed by atoms with Crippen LogP contribution in [0, 0.1) is 5.92 Å². The van der Waals surface area contributed by atoms with Gasteiger partial charge in [-0.1, -0.05) is 32.9 Å². The number of thioether (sulfide) groups is 1. The standard InChI is InChI=1S/C16H27NOS/c1-5-9-17-11-14-7-6-8-15(10-14)19-12-16(4,18)13(2)3/h6-8,10,13,17-18H,5,9,11-12H2,1-4H3. The molecular weight excluding hydrogens is 254 g/mol. The van der Waals surface area contributed by atoms with E-state index in [1.54, 1.807) is 11.8 Å². The Morgan fingerprint density at radius 2 is 2.11 bits per heavy atom. The van der Waals surface area contributed by atoms with Crippen LogP contribution in [0.4, 0.5) is 0 Å². The van der Waals surface area contributed by atoms with Gasteiger partial charge < -0.3 is 10.4 Å². The normalized spacial score (nSPS) is 14.6. The van der Waals surface area contributed by atoms with Crippen LogP contribution >= 0.6 is 11.8 Å². The summed E-state index contributed by atoms with van der Waals surface area (Å²) in [5.41, 5.74) is 0.698. The van der Waals surface area contributed by atoms with E-state index in [2.05, 4.69) is 50.4 Å². The van der Waals surface area contributed by atoms with Crippen molar-refractivity contribution in [3.05, 3.63) is 29.8 Å². The first-order valence-electron chi connectivity index (χ1n) is 7.10. The molecule has 19 heavy (non-hydrogen) atoms. The predicted molar refractivity (Wildman–Crippen MR) is 84.6 cm³/mol. The van der Waals surface area contributed by atoms with Gasteiger partial charge in [0.2, 0.25) is 0 Å². The van der Waals surface area contributed by atoms with Gasteiger partial charge in [-0.15, -0.1) is 11.8 Å². The van der Waals surface area contributed by atoms with E-state index in [4.69, 9.17) is 0 Å². The Morgan fingerprint density at radius 3 is 2.74 bits per heavy atom. The summed E-state index contributed by atoms with van der Waals surface area (Å²) in [5, 5.41) is 13.7. The third kappa shape index (κ3) is 5.98. The van der Waals surface area contributed by atoms with Crippen molar-refractivity contribution in [1.29, 1.82) is 0 Å². The summed E-state index contributed by atoms with van der Waals surface area (Å²) < 4.78 is 0. The average molecular weight is 281 g/mol. The summed E-state index contributed by atoms with van der Waals surface area (Å²) >= 11 is 1.73. The summed E-state index contributed by atoms with van der Waals surface area (Å²) in [7, 11) is 0. The van der Waals surface area contributed by atoms with Crippen molar-refractivity contribution in [1.82, 2.24) is 5.32 Å². The molecule has 0 aromatic heterocycles. The molecule has 108 valence electrons. The van der Waals surface area contributed by atoms with Gasteiger partial charge >= 0.3 is 0 Å². The molecule has 0 amide bonds. The topological polar surface area (TPSA) is 32.3 Å². The number of benzene rings is 1. The molecule has 1 unspecified atom stereocenters. The largest absolute Gasteiger partial charge is 0.389 e. The zero-order chi connectivity index (χ0) is 14.3. The number of hydrogen-bond donors (Lipinski definition) is 2. The first kappa shape index (κ1) is 16.5. The van der Waals surface area contributed by atoms with Crippen LogP contribution in [-0.2, 0) is 6.54 Å². The van der Waals surface area contributed by atoms with Gasteiger partial charge in [-0.05, 0) is 43.5 Å². The van der Waals surface area contributed by atoms with Gasteiger partial charge in [0.15, 0.2) is 0 Å². The van der Waals surface area contributed by atoms with E-state index >= 15 is 0 Å². The minimum absolute atomic E-state index is 0.273. The van der Waals surface area contributed by atoms with E-state index in [1.807, 2.05) is 6.92 Å². The Hall–Kier alpha value is -0.510. The molecule has 1 aromatic rings. The Morgan fingerprint density at radius 1 is 1.37 bits per heavy atom. The van der Waals surface area contributed by atoms with Crippen LogP contribution < -0.4 is 5.32 Å². The Labute approximate surface area is 122 Å². The van der Waals surface area contributed by atoms with E-state index in [-0.39, 0.29) is 5.92 Å². The molecule has 0 fully saturated rings. The molecule has 1 aromatic carbocycles. The molecule has 0 saturated carbocycles. The van der Waals surface area contributed by atoms with Crippen LogP contribution in [0.25, 0.3) is 0 Å². The highest BCUT2D eigenvalue weighted by atomic mass is 32.2. The highest BCUT2D eigenvalue weighted by molar-refractivity contribution is 7.99. The Kier molecular flexibility index (Phi) is 6.90. The molecule has 0 spiro atoms. The van der Waals surface area contributed by atoms with E-state index in [0.717, 1.165) is 25.3 Å². The summed E-state index contributed by atoms with van der Waals surface area (Å²) in [6.45, 7) is 10.2. The third-order valence-electron chi connectivity index (χ3n) is 3.43. The molecule has 0 aliphatic rings. The molecule has 0 saturated heterocycles. The molecule has 0 heterocycles. The van der Waals surface area contributed by atoms with Crippen LogP contribution in [-0.4, -0.2) is 23.0 Å². The van der Waals surface area contributed by atoms with Gasteiger partial charge in [0.1, 0.15) is 0 Å². The van der Waals surface area contributed by atoms with Gasteiger partial charge in [0.25, 0.3) is 0 Å². The second-order valence-electron chi connectivity index (χ2n) is 5.62. The van der Waals surface area contributed by atoms with Gasteiger partial charge in [-0.2, -0.15) is 0 Å². The van der Waals surface area contributed by atoms with Crippen molar-refractivity contribution in [2.24, 2.45) is 5.92 Å². The lowest BCUT2D eigenvalue weighted by atomic mass is 9.95. The fourth-order valence-electron chi connectivity index (χ4n) is 1.55. The molecule has 1 atom stereocenters. The zero-order valence-electron chi connectivity index (χ0n) is 12.6. The quantitative estimate of drug-likeness (QED) is 0.563. The molecule has 2 nitrogen and oxygen atoms in total. The minimum Gasteiger partial charge on any atom is -0.389 e. The SMILES string of the molecule is CCCNCc1cccc(SCC(C)(O)C(C)C)c1. The number of aliphatic hydroxyl groups is 1. The first-order chi connectivity index (χ1) is 8.95. The smallest absolute Gasteiger partial charge is 0.0736 e. The Balaban J connectivity index is 2.52. The highest BCUT2D eigenvalue weighted by Crippen LogP contribution is 2.27. The van der Waals surface area contributed by atoms with Gasteiger partial charge in [0.05, 0.1) is 5.60 Å². The van der Waals surface area contributed by atoms with Crippen LogP contribution in [0.1, 0.15) is 39.7 Å². The fourth-order valence-corrected chi connectivity index (χ4v) is 2.75. The summed E-state index contributed by atoms with van der Waals surface area (Å²) in [6, 6.07) is 8.57. The van der Waals surface area contributed by atoms with Crippen molar-refractivity contribution in [2.45, 2.75) is 51.2 Å². The maximum Gasteiger partial charge on any atom is 0.0736 e. The lowest BCUT2D eigenvalue weighted by molar-refractivity contribution is 0.0376. The van der Waals surface area contributed by atoms with Gasteiger partial charge in [-0.3, -0.25) is 0 Å². The van der Waals surface area contributed by atoms with Crippen molar-refractivity contribution in [2.75, 3.05) is 12.3 Å². The molecule has 0 aliphatic carbocycles. The lowest BCUT2D eigenvalue weighted by Crippen LogP contribution is -2.33. The molecule has 2 N–H and O–H groups in total. The molecule has 0 bridgehead atoms. The molecule has 0 aliphatic heterocycles. The number of rotatable bonds is 8. The van der Waals surface area contributed by atoms with Crippen LogP contribution in [0.15, 0.2) is 29.2 Å². The van der Waals surface area contributed by atoms with E-state index in [9.17, 15) is 5.11 Å². The second kappa shape index (κ2) is 7.93. The maximum absolute atomic E-state index is 10.3. The Bertz CT molecular complexity index is 377. The molecule has 0 radical (unpaired) electrons. The summed E-state index contributed by atoms with van der Waals surface area (Å²) in [5.74, 6) is 1.01. The fraction of sp³-hybridized carbons (Fsp3) is 0.625. The lowest BCUT2D eigenvalue weighted by Gasteiger charge is -2.27. The predicted octanol–water partition coefficient (Wildman–Crippen LogP) is 3.69. The summed E-state index contributed by atoms with van der Waals surface area (Å²) in [4.78, 5) is 1.23. The first-order valence-corrected chi connectivity index (χ1v) is 8.09. The van der Waals surface area contributed by atoms with Crippen molar-refractivity contribution < 1.29 is 5.11 Å².